The topological polar surface area (TPSA) is 102 Å². The first kappa shape index (κ1) is 26.3. The number of benzene rings is 1. The van der Waals surface area contributed by atoms with Crippen LogP contribution in [-0.4, -0.2) is 45.2 Å². The Morgan fingerprint density at radius 2 is 1.88 bits per heavy atom. The number of hydrogen-bond donors (Lipinski definition) is 2. The van der Waals surface area contributed by atoms with Crippen molar-refractivity contribution in [2.75, 3.05) is 13.1 Å². The van der Waals surface area contributed by atoms with Crippen LogP contribution in [0.25, 0.3) is 0 Å². The van der Waals surface area contributed by atoms with Crippen LogP contribution in [0.4, 0.5) is 13.2 Å². The van der Waals surface area contributed by atoms with Crippen LogP contribution in [0.2, 0.25) is 0 Å². The van der Waals surface area contributed by atoms with Gasteiger partial charge in [0, 0.05) is 18.5 Å². The molecule has 32 heavy (non-hydrogen) atoms. The first-order chi connectivity index (χ1) is 15.0. The molecule has 7 nitrogen and oxygen atoms in total. The zero-order chi connectivity index (χ0) is 23.8. The van der Waals surface area contributed by atoms with Crippen LogP contribution in [-0.2, 0) is 30.8 Å². The number of sulfonamides is 1. The molecule has 1 fully saturated rings. The molecule has 0 amide bonds. The van der Waals surface area contributed by atoms with Gasteiger partial charge in [-0.1, -0.05) is 31.9 Å². The second-order valence-electron chi connectivity index (χ2n) is 8.03. The molecule has 1 aliphatic rings. The molecule has 180 valence electrons. The van der Waals surface area contributed by atoms with Gasteiger partial charge in [-0.2, -0.15) is 13.2 Å². The maximum absolute atomic E-state index is 13.0. The predicted octanol–water partition coefficient (Wildman–Crippen LogP) is 3.23. The Hall–Kier alpha value is -1.98. The summed E-state index contributed by atoms with van der Waals surface area (Å²) in [6.07, 6.45) is -0.885. The molecule has 1 aromatic rings. The van der Waals surface area contributed by atoms with Crippen molar-refractivity contribution in [2.45, 2.75) is 74.9 Å². The summed E-state index contributed by atoms with van der Waals surface area (Å²) in [6, 6.07) is 6.56. The summed E-state index contributed by atoms with van der Waals surface area (Å²) in [6.45, 7) is 2.94. The Morgan fingerprint density at radius 1 is 1.19 bits per heavy atom. The van der Waals surface area contributed by atoms with Gasteiger partial charge in [0.2, 0.25) is 10.0 Å². The molecular formula is C21H29F3N2O5S. The number of aryl methyl sites for hydroxylation is 1. The van der Waals surface area contributed by atoms with Gasteiger partial charge < -0.3 is 10.1 Å². The minimum Gasteiger partial charge on any atom is -0.386 e. The van der Waals surface area contributed by atoms with Crippen molar-refractivity contribution >= 4 is 22.0 Å². The number of unbranched alkanes of at least 4 members (excludes halogenated alkanes) is 2. The molecule has 0 radical (unpaired) electrons. The lowest BCUT2D eigenvalue weighted by molar-refractivity contribution is -0.202. The van der Waals surface area contributed by atoms with E-state index >= 15 is 0 Å². The number of carbonyl (C=O) groups is 2. The number of piperidine rings is 1. The fourth-order valence-electron chi connectivity index (χ4n) is 3.63. The van der Waals surface area contributed by atoms with E-state index in [1.807, 2.05) is 0 Å². The SMILES string of the molecule is CCCCCc1ccc(S(=O)(=O)NC2(CCC(=O)OC(=O)C(F)(F)F)CCCNC2)cc1. The average Bonchev–Trinajstić information content (AvgIpc) is 2.73. The molecule has 0 bridgehead atoms. The summed E-state index contributed by atoms with van der Waals surface area (Å²) >= 11 is 0. The Morgan fingerprint density at radius 3 is 2.44 bits per heavy atom. The third-order valence-corrected chi connectivity index (χ3v) is 6.97. The quantitative estimate of drug-likeness (QED) is 0.304. The van der Waals surface area contributed by atoms with Crippen LogP contribution in [0.1, 0.15) is 57.4 Å². The van der Waals surface area contributed by atoms with Gasteiger partial charge in [-0.25, -0.2) is 17.9 Å². The molecule has 2 rings (SSSR count). The summed E-state index contributed by atoms with van der Waals surface area (Å²) in [5.74, 6) is -3.94. The Balaban J connectivity index is 2.06. The summed E-state index contributed by atoms with van der Waals surface area (Å²) < 4.78 is 69.2. The van der Waals surface area contributed by atoms with Crippen molar-refractivity contribution in [3.63, 3.8) is 0 Å². The first-order valence-electron chi connectivity index (χ1n) is 10.6. The lowest BCUT2D eigenvalue weighted by atomic mass is 9.87. The Labute approximate surface area is 186 Å². The summed E-state index contributed by atoms with van der Waals surface area (Å²) in [5, 5.41) is 3.05. The fourth-order valence-corrected chi connectivity index (χ4v) is 5.09. The lowest BCUT2D eigenvalue weighted by Gasteiger charge is -2.38. The molecule has 0 saturated carbocycles. The zero-order valence-corrected chi connectivity index (χ0v) is 18.8. The normalized spacial score (nSPS) is 19.5. The number of alkyl halides is 3. The van der Waals surface area contributed by atoms with E-state index in [9.17, 15) is 31.2 Å². The van der Waals surface area contributed by atoms with Crippen molar-refractivity contribution in [1.82, 2.24) is 10.0 Å². The molecule has 0 aliphatic carbocycles. The van der Waals surface area contributed by atoms with Crippen molar-refractivity contribution in [2.24, 2.45) is 0 Å². The van der Waals surface area contributed by atoms with Crippen LogP contribution >= 0.6 is 0 Å². The average molecular weight is 479 g/mol. The van der Waals surface area contributed by atoms with Crippen LogP contribution in [0, 0.1) is 0 Å². The molecule has 0 aromatic heterocycles. The molecule has 2 N–H and O–H groups in total. The van der Waals surface area contributed by atoms with Gasteiger partial charge >= 0.3 is 18.1 Å². The van der Waals surface area contributed by atoms with Crippen LogP contribution in [0.3, 0.4) is 0 Å². The molecule has 1 atom stereocenters. The van der Waals surface area contributed by atoms with E-state index in [1.54, 1.807) is 12.1 Å². The fraction of sp³-hybridized carbons (Fsp3) is 0.619. The van der Waals surface area contributed by atoms with Gasteiger partial charge in [-0.15, -0.1) is 0 Å². The van der Waals surface area contributed by atoms with Gasteiger partial charge in [0.1, 0.15) is 0 Å². The largest absolute Gasteiger partial charge is 0.491 e. The van der Waals surface area contributed by atoms with E-state index in [4.69, 9.17) is 0 Å². The van der Waals surface area contributed by atoms with Crippen molar-refractivity contribution in [1.29, 1.82) is 0 Å². The number of hydrogen-bond acceptors (Lipinski definition) is 6. The minimum atomic E-state index is -5.27. The molecule has 1 aromatic carbocycles. The first-order valence-corrected chi connectivity index (χ1v) is 12.1. The van der Waals surface area contributed by atoms with Gasteiger partial charge in [0.05, 0.1) is 4.90 Å². The molecule has 1 aliphatic heterocycles. The zero-order valence-electron chi connectivity index (χ0n) is 18.0. The molecule has 1 unspecified atom stereocenters. The van der Waals surface area contributed by atoms with Gasteiger partial charge in [-0.05, 0) is 56.3 Å². The van der Waals surface area contributed by atoms with Crippen LogP contribution < -0.4 is 10.0 Å². The Kier molecular flexibility index (Phi) is 9.23. The van der Waals surface area contributed by atoms with Crippen molar-refractivity contribution in [3.8, 4) is 0 Å². The monoisotopic (exact) mass is 478 g/mol. The number of halogens is 3. The van der Waals surface area contributed by atoms with E-state index in [-0.39, 0.29) is 17.9 Å². The highest BCUT2D eigenvalue weighted by molar-refractivity contribution is 7.89. The van der Waals surface area contributed by atoms with E-state index in [0.29, 0.717) is 19.4 Å². The van der Waals surface area contributed by atoms with E-state index < -0.39 is 40.1 Å². The standard InChI is InChI=1S/C21H29F3N2O5S/c1-2-3-4-6-16-7-9-17(10-8-16)32(29,30)26-20(12-5-14-25-15-20)13-11-18(27)31-19(28)21(22,23)24/h7-10,25-26H,2-6,11-15H2,1H3. The highest BCUT2D eigenvalue weighted by atomic mass is 32.2. The minimum absolute atomic E-state index is 0.0662. The number of carbonyl (C=O) groups excluding carboxylic acids is 2. The molecular weight excluding hydrogens is 449 g/mol. The van der Waals surface area contributed by atoms with E-state index in [0.717, 1.165) is 31.2 Å². The number of nitrogens with one attached hydrogen (secondary N) is 2. The van der Waals surface area contributed by atoms with Crippen LogP contribution in [0.5, 0.6) is 0 Å². The highest BCUT2D eigenvalue weighted by Gasteiger charge is 2.43. The molecule has 11 heteroatoms. The summed E-state index contributed by atoms with van der Waals surface area (Å²) in [5.41, 5.74) is -0.0551. The second-order valence-corrected chi connectivity index (χ2v) is 9.71. The highest BCUT2D eigenvalue weighted by Crippen LogP contribution is 2.26. The third-order valence-electron chi connectivity index (χ3n) is 5.37. The van der Waals surface area contributed by atoms with Gasteiger partial charge in [-0.3, -0.25) is 4.79 Å². The molecule has 0 spiro atoms. The van der Waals surface area contributed by atoms with Crippen molar-refractivity contribution < 1.29 is 35.9 Å². The van der Waals surface area contributed by atoms with Crippen LogP contribution in [0.15, 0.2) is 29.2 Å². The second kappa shape index (κ2) is 11.2. The number of ether oxygens (including phenoxy) is 1. The van der Waals surface area contributed by atoms with E-state index in [1.165, 1.54) is 12.1 Å². The summed E-state index contributed by atoms with van der Waals surface area (Å²) in [7, 11) is -3.94. The lowest BCUT2D eigenvalue weighted by Crippen LogP contribution is -2.57. The molecule has 1 heterocycles. The molecule has 1 saturated heterocycles. The van der Waals surface area contributed by atoms with Gasteiger partial charge in [0.15, 0.2) is 0 Å². The summed E-state index contributed by atoms with van der Waals surface area (Å²) in [4.78, 5) is 22.6. The van der Waals surface area contributed by atoms with E-state index in [2.05, 4.69) is 21.7 Å². The van der Waals surface area contributed by atoms with Crippen molar-refractivity contribution in [3.05, 3.63) is 29.8 Å². The number of esters is 2. The maximum Gasteiger partial charge on any atom is 0.491 e. The smallest absolute Gasteiger partial charge is 0.386 e. The maximum atomic E-state index is 13.0. The predicted molar refractivity (Wildman–Crippen MR) is 111 cm³/mol. The number of rotatable bonds is 10. The third kappa shape index (κ3) is 7.86. The van der Waals surface area contributed by atoms with Gasteiger partial charge in [0.25, 0.3) is 0 Å². The Bertz CT molecular complexity index is 880.